The first-order chi connectivity index (χ1) is 14.3. The highest BCUT2D eigenvalue weighted by molar-refractivity contribution is 7.89. The van der Waals surface area contributed by atoms with Crippen LogP contribution in [0, 0.1) is 0 Å². The van der Waals surface area contributed by atoms with Gasteiger partial charge in [0.1, 0.15) is 6.54 Å². The van der Waals surface area contributed by atoms with Crippen molar-refractivity contribution in [3.8, 4) is 0 Å². The molecule has 0 aliphatic heterocycles. The van der Waals surface area contributed by atoms with Crippen LogP contribution in [0.5, 0.6) is 0 Å². The molecule has 0 radical (unpaired) electrons. The molecule has 0 spiro atoms. The summed E-state index contributed by atoms with van der Waals surface area (Å²) in [5.41, 5.74) is 1.51. The predicted molar refractivity (Wildman–Crippen MR) is 110 cm³/mol. The Morgan fingerprint density at radius 1 is 0.967 bits per heavy atom. The van der Waals surface area contributed by atoms with Crippen LogP contribution in [0.15, 0.2) is 59.5 Å². The van der Waals surface area contributed by atoms with E-state index in [-0.39, 0.29) is 10.8 Å². The number of benzene rings is 2. The van der Waals surface area contributed by atoms with Gasteiger partial charge in [-0.2, -0.15) is 4.72 Å². The maximum absolute atomic E-state index is 12.2. The van der Waals surface area contributed by atoms with Crippen LogP contribution in [-0.4, -0.2) is 45.9 Å². The first-order valence-corrected chi connectivity index (χ1v) is 10.6. The Balaban J connectivity index is 1.71. The number of anilines is 1. The molecule has 0 saturated carbocycles. The molecule has 0 aliphatic carbocycles. The number of carbonyl (C=O) groups excluding carboxylic acids is 3. The molecule has 0 saturated heterocycles. The van der Waals surface area contributed by atoms with Gasteiger partial charge < -0.3 is 15.4 Å². The van der Waals surface area contributed by atoms with Crippen LogP contribution < -0.4 is 15.4 Å². The molecule has 2 amide bonds. The monoisotopic (exact) mass is 433 g/mol. The largest absolute Gasteiger partial charge is 0.455 e. The van der Waals surface area contributed by atoms with Gasteiger partial charge in [0.05, 0.1) is 4.90 Å². The SMILES string of the molecule is CC(=O)Nc1ccc(S(=O)(=O)NCC(=O)OCC(=O)NCCc2ccccc2)cc1. The zero-order chi connectivity index (χ0) is 22.0. The van der Waals surface area contributed by atoms with Crippen molar-refractivity contribution in [1.82, 2.24) is 10.0 Å². The Hall–Kier alpha value is -3.24. The maximum atomic E-state index is 12.2. The summed E-state index contributed by atoms with van der Waals surface area (Å²) in [7, 11) is -3.95. The number of hydrogen-bond acceptors (Lipinski definition) is 6. The van der Waals surface area contributed by atoms with Gasteiger partial charge in [0.25, 0.3) is 5.91 Å². The standard InChI is InChI=1S/C20H23N3O6S/c1-15(24)23-17-7-9-18(10-8-17)30(27,28)22-13-20(26)29-14-19(25)21-12-11-16-5-3-2-4-6-16/h2-10,22H,11-14H2,1H3,(H,21,25)(H,23,24). The molecular weight excluding hydrogens is 410 g/mol. The Kier molecular flexibility index (Phi) is 8.51. The van der Waals surface area contributed by atoms with Gasteiger partial charge in [-0.05, 0) is 36.2 Å². The Labute approximate surface area is 174 Å². The van der Waals surface area contributed by atoms with Gasteiger partial charge in [-0.3, -0.25) is 14.4 Å². The third kappa shape index (κ3) is 8.02. The molecule has 0 heterocycles. The summed E-state index contributed by atoms with van der Waals surface area (Å²) in [6.45, 7) is 0.608. The van der Waals surface area contributed by atoms with E-state index in [2.05, 4.69) is 15.4 Å². The van der Waals surface area contributed by atoms with Gasteiger partial charge in [-0.1, -0.05) is 30.3 Å². The summed E-state index contributed by atoms with van der Waals surface area (Å²) in [6, 6.07) is 15.0. The van der Waals surface area contributed by atoms with Crippen LogP contribution in [0.25, 0.3) is 0 Å². The zero-order valence-electron chi connectivity index (χ0n) is 16.4. The molecule has 2 aromatic rings. The lowest BCUT2D eigenvalue weighted by Crippen LogP contribution is -2.34. The topological polar surface area (TPSA) is 131 Å². The Morgan fingerprint density at radius 3 is 2.27 bits per heavy atom. The van der Waals surface area contributed by atoms with Crippen LogP contribution in [0.1, 0.15) is 12.5 Å². The van der Waals surface area contributed by atoms with Crippen molar-refractivity contribution in [2.75, 3.05) is 25.0 Å². The minimum absolute atomic E-state index is 0.0805. The second-order valence-corrected chi connectivity index (χ2v) is 8.04. The zero-order valence-corrected chi connectivity index (χ0v) is 17.2. The normalized spacial score (nSPS) is 10.8. The predicted octanol–water partition coefficient (Wildman–Crippen LogP) is 0.825. The minimum atomic E-state index is -3.95. The molecule has 0 atom stereocenters. The summed E-state index contributed by atoms with van der Waals surface area (Å²) in [5, 5.41) is 5.14. The fourth-order valence-corrected chi connectivity index (χ4v) is 3.37. The Morgan fingerprint density at radius 2 is 1.63 bits per heavy atom. The average Bonchev–Trinajstić information content (AvgIpc) is 2.71. The lowest BCUT2D eigenvalue weighted by atomic mass is 10.1. The van der Waals surface area contributed by atoms with Crippen LogP contribution in [0.3, 0.4) is 0 Å². The number of carbonyl (C=O) groups is 3. The van der Waals surface area contributed by atoms with Crippen molar-refractivity contribution in [3.63, 3.8) is 0 Å². The highest BCUT2D eigenvalue weighted by Gasteiger charge is 2.16. The summed E-state index contributed by atoms with van der Waals surface area (Å²) in [4.78, 5) is 34.3. The van der Waals surface area contributed by atoms with E-state index in [1.165, 1.54) is 31.2 Å². The quantitative estimate of drug-likeness (QED) is 0.476. The number of sulfonamides is 1. The fourth-order valence-electron chi connectivity index (χ4n) is 2.40. The number of hydrogen-bond donors (Lipinski definition) is 3. The van der Waals surface area contributed by atoms with Gasteiger partial charge in [0.15, 0.2) is 6.61 Å². The molecule has 3 N–H and O–H groups in total. The maximum Gasteiger partial charge on any atom is 0.321 e. The number of esters is 1. The molecule has 0 bridgehead atoms. The first-order valence-electron chi connectivity index (χ1n) is 9.10. The lowest BCUT2D eigenvalue weighted by Gasteiger charge is -2.09. The van der Waals surface area contributed by atoms with Crippen molar-refractivity contribution in [3.05, 3.63) is 60.2 Å². The summed E-state index contributed by atoms with van der Waals surface area (Å²) < 4.78 is 31.3. The third-order valence-corrected chi connectivity index (χ3v) is 5.25. The first kappa shape index (κ1) is 23.0. The molecule has 0 unspecified atom stereocenters. The smallest absolute Gasteiger partial charge is 0.321 e. The summed E-state index contributed by atoms with van der Waals surface area (Å²) in [5.74, 6) is -1.64. The summed E-state index contributed by atoms with van der Waals surface area (Å²) in [6.07, 6.45) is 0.640. The van der Waals surface area contributed by atoms with Gasteiger partial charge >= 0.3 is 5.97 Å². The van der Waals surface area contributed by atoms with Crippen LogP contribution in [-0.2, 0) is 35.6 Å². The Bertz CT molecular complexity index is 975. The molecule has 0 aromatic heterocycles. The second-order valence-electron chi connectivity index (χ2n) is 6.28. The average molecular weight is 433 g/mol. The van der Waals surface area contributed by atoms with E-state index in [1.807, 2.05) is 30.3 Å². The molecule has 0 fully saturated rings. The second kappa shape index (κ2) is 11.1. The highest BCUT2D eigenvalue weighted by Crippen LogP contribution is 2.13. The van der Waals surface area contributed by atoms with Crippen molar-refractivity contribution < 1.29 is 27.5 Å². The minimum Gasteiger partial charge on any atom is -0.455 e. The van der Waals surface area contributed by atoms with Gasteiger partial charge in [-0.25, -0.2) is 8.42 Å². The van der Waals surface area contributed by atoms with Crippen molar-refractivity contribution in [1.29, 1.82) is 0 Å². The van der Waals surface area contributed by atoms with Crippen LogP contribution >= 0.6 is 0 Å². The van der Waals surface area contributed by atoms with Crippen molar-refractivity contribution in [2.45, 2.75) is 18.2 Å². The number of rotatable bonds is 10. The molecule has 30 heavy (non-hydrogen) atoms. The van der Waals surface area contributed by atoms with E-state index < -0.39 is 35.1 Å². The molecule has 2 aromatic carbocycles. The van der Waals surface area contributed by atoms with Crippen molar-refractivity contribution in [2.24, 2.45) is 0 Å². The van der Waals surface area contributed by atoms with E-state index in [4.69, 9.17) is 4.74 Å². The third-order valence-electron chi connectivity index (χ3n) is 3.83. The van der Waals surface area contributed by atoms with Gasteiger partial charge in [0.2, 0.25) is 15.9 Å². The van der Waals surface area contributed by atoms with E-state index in [1.54, 1.807) is 0 Å². The van der Waals surface area contributed by atoms with E-state index in [9.17, 15) is 22.8 Å². The van der Waals surface area contributed by atoms with Crippen LogP contribution in [0.4, 0.5) is 5.69 Å². The van der Waals surface area contributed by atoms with Gasteiger partial charge in [-0.15, -0.1) is 0 Å². The van der Waals surface area contributed by atoms with Gasteiger partial charge in [0, 0.05) is 19.2 Å². The lowest BCUT2D eigenvalue weighted by molar-refractivity contribution is -0.147. The highest BCUT2D eigenvalue weighted by atomic mass is 32.2. The van der Waals surface area contributed by atoms with Crippen LogP contribution in [0.2, 0.25) is 0 Å². The molecule has 9 nitrogen and oxygen atoms in total. The van der Waals surface area contributed by atoms with E-state index in [0.29, 0.717) is 18.7 Å². The molecule has 160 valence electrons. The molecule has 10 heteroatoms. The fraction of sp³-hybridized carbons (Fsp3) is 0.250. The van der Waals surface area contributed by atoms with E-state index in [0.717, 1.165) is 5.56 Å². The number of nitrogens with one attached hydrogen (secondary N) is 3. The van der Waals surface area contributed by atoms with Crippen molar-refractivity contribution >= 4 is 33.5 Å². The molecule has 0 aliphatic rings. The summed E-state index contributed by atoms with van der Waals surface area (Å²) >= 11 is 0. The molecule has 2 rings (SSSR count). The number of amides is 2. The number of ether oxygens (including phenoxy) is 1. The molecular formula is C20H23N3O6S. The van der Waals surface area contributed by atoms with E-state index >= 15 is 0 Å².